The minimum atomic E-state index is -0.242. The molecule has 0 bridgehead atoms. The van der Waals surface area contributed by atoms with Gasteiger partial charge in [-0.25, -0.2) is 0 Å². The summed E-state index contributed by atoms with van der Waals surface area (Å²) in [6, 6.07) is 11.6. The van der Waals surface area contributed by atoms with Crippen LogP contribution >= 0.6 is 23.2 Å². The highest BCUT2D eigenvalue weighted by molar-refractivity contribution is 6.39. The predicted molar refractivity (Wildman–Crippen MR) is 80.4 cm³/mol. The molecular weight excluding hydrogens is 297 g/mol. The second-order valence-corrected chi connectivity index (χ2v) is 5.24. The Morgan fingerprint density at radius 3 is 2.20 bits per heavy atom. The zero-order valence-electron chi connectivity index (χ0n) is 10.8. The summed E-state index contributed by atoms with van der Waals surface area (Å²) in [7, 11) is 1.68. The van der Waals surface area contributed by atoms with E-state index in [2.05, 4.69) is 0 Å². The summed E-state index contributed by atoms with van der Waals surface area (Å²) in [6.07, 6.45) is 0. The Bertz CT molecular complexity index is 606. The lowest BCUT2D eigenvalue weighted by atomic mass is 10.1. The van der Waals surface area contributed by atoms with E-state index in [0.29, 0.717) is 22.2 Å². The second-order valence-electron chi connectivity index (χ2n) is 4.42. The maximum atomic E-state index is 12.4. The molecule has 3 nitrogen and oxygen atoms in total. The molecule has 2 aromatic rings. The van der Waals surface area contributed by atoms with Crippen LogP contribution in [-0.2, 0) is 6.54 Å². The first-order valence-corrected chi connectivity index (χ1v) is 6.72. The van der Waals surface area contributed by atoms with Gasteiger partial charge in [0.05, 0.1) is 15.6 Å². The Hall–Kier alpha value is -1.71. The maximum Gasteiger partial charge on any atom is 0.256 e. The number of carbonyl (C=O) groups excluding carboxylic acids is 1. The minimum absolute atomic E-state index is 0.192. The van der Waals surface area contributed by atoms with Crippen molar-refractivity contribution in [2.75, 3.05) is 7.05 Å². The van der Waals surface area contributed by atoms with E-state index in [1.54, 1.807) is 49.5 Å². The zero-order chi connectivity index (χ0) is 14.7. The van der Waals surface area contributed by atoms with Crippen LogP contribution in [0.4, 0.5) is 0 Å². The first-order chi connectivity index (χ1) is 9.49. The molecule has 0 radical (unpaired) electrons. The van der Waals surface area contributed by atoms with Crippen LogP contribution in [0.5, 0.6) is 5.75 Å². The topological polar surface area (TPSA) is 40.5 Å². The number of nitrogens with zero attached hydrogens (tertiary/aromatic N) is 1. The van der Waals surface area contributed by atoms with Crippen molar-refractivity contribution in [2.24, 2.45) is 0 Å². The van der Waals surface area contributed by atoms with Gasteiger partial charge in [-0.2, -0.15) is 0 Å². The summed E-state index contributed by atoms with van der Waals surface area (Å²) in [5.74, 6) is -0.0504. The average Bonchev–Trinajstić information content (AvgIpc) is 2.41. The molecule has 2 aromatic carbocycles. The van der Waals surface area contributed by atoms with Crippen molar-refractivity contribution in [3.05, 3.63) is 63.6 Å². The largest absolute Gasteiger partial charge is 0.508 e. The number of carbonyl (C=O) groups is 1. The molecule has 1 N–H and O–H groups in total. The first kappa shape index (κ1) is 14.7. The molecule has 0 aliphatic carbocycles. The van der Waals surface area contributed by atoms with Crippen molar-refractivity contribution in [3.63, 3.8) is 0 Å². The lowest BCUT2D eigenvalue weighted by Crippen LogP contribution is -2.26. The molecule has 0 aliphatic heterocycles. The number of hydrogen-bond donors (Lipinski definition) is 1. The van der Waals surface area contributed by atoms with E-state index < -0.39 is 0 Å². The van der Waals surface area contributed by atoms with E-state index in [4.69, 9.17) is 23.2 Å². The van der Waals surface area contributed by atoms with Crippen molar-refractivity contribution < 1.29 is 9.90 Å². The Labute approximate surface area is 127 Å². The standard InChI is InChI=1S/C15H13Cl2NO2/c1-18(9-10-5-7-11(19)8-6-10)15(20)14-12(16)3-2-4-13(14)17/h2-8,19H,9H2,1H3. The van der Waals surface area contributed by atoms with Gasteiger partial charge in [0.1, 0.15) is 5.75 Å². The molecule has 5 heteroatoms. The number of phenols is 1. The third-order valence-corrected chi connectivity index (χ3v) is 3.51. The Kier molecular flexibility index (Phi) is 4.53. The number of aromatic hydroxyl groups is 1. The van der Waals surface area contributed by atoms with Crippen molar-refractivity contribution in [3.8, 4) is 5.75 Å². The predicted octanol–water partition coefficient (Wildman–Crippen LogP) is 3.97. The molecule has 0 spiro atoms. The molecular formula is C15H13Cl2NO2. The quantitative estimate of drug-likeness (QED) is 0.932. The summed E-state index contributed by atoms with van der Waals surface area (Å²) in [5, 5.41) is 9.90. The van der Waals surface area contributed by atoms with Crippen LogP contribution in [0.2, 0.25) is 10.0 Å². The van der Waals surface area contributed by atoms with E-state index >= 15 is 0 Å². The number of halogens is 2. The highest BCUT2D eigenvalue weighted by Gasteiger charge is 2.18. The maximum absolute atomic E-state index is 12.4. The number of rotatable bonds is 3. The highest BCUT2D eigenvalue weighted by Crippen LogP contribution is 2.26. The van der Waals surface area contributed by atoms with Gasteiger partial charge in [0.15, 0.2) is 0 Å². The first-order valence-electron chi connectivity index (χ1n) is 5.96. The van der Waals surface area contributed by atoms with E-state index in [9.17, 15) is 9.90 Å². The third kappa shape index (κ3) is 3.24. The molecule has 2 rings (SSSR count). The second kappa shape index (κ2) is 6.16. The smallest absolute Gasteiger partial charge is 0.256 e. The molecule has 0 heterocycles. The zero-order valence-corrected chi connectivity index (χ0v) is 12.3. The number of hydrogen-bond acceptors (Lipinski definition) is 2. The summed E-state index contributed by atoms with van der Waals surface area (Å²) in [4.78, 5) is 13.9. The Morgan fingerprint density at radius 2 is 1.65 bits per heavy atom. The van der Waals surface area contributed by atoms with Crippen molar-refractivity contribution in [1.82, 2.24) is 4.90 Å². The van der Waals surface area contributed by atoms with Gasteiger partial charge in [-0.05, 0) is 29.8 Å². The van der Waals surface area contributed by atoms with E-state index in [-0.39, 0.29) is 11.7 Å². The van der Waals surface area contributed by atoms with Gasteiger partial charge in [0, 0.05) is 13.6 Å². The van der Waals surface area contributed by atoms with E-state index in [0.717, 1.165) is 5.56 Å². The highest BCUT2D eigenvalue weighted by atomic mass is 35.5. The SMILES string of the molecule is CN(Cc1ccc(O)cc1)C(=O)c1c(Cl)cccc1Cl. The van der Waals surface area contributed by atoms with Gasteiger partial charge in [-0.3, -0.25) is 4.79 Å². The summed E-state index contributed by atoms with van der Waals surface area (Å²) in [6.45, 7) is 0.403. The van der Waals surface area contributed by atoms with Crippen LogP contribution in [0.3, 0.4) is 0 Å². The van der Waals surface area contributed by atoms with Gasteiger partial charge < -0.3 is 10.0 Å². The molecule has 20 heavy (non-hydrogen) atoms. The van der Waals surface area contributed by atoms with Crippen molar-refractivity contribution in [2.45, 2.75) is 6.54 Å². The van der Waals surface area contributed by atoms with Crippen LogP contribution in [-0.4, -0.2) is 23.0 Å². The van der Waals surface area contributed by atoms with Crippen molar-refractivity contribution in [1.29, 1.82) is 0 Å². The molecule has 0 fully saturated rings. The van der Waals surface area contributed by atoms with Crippen LogP contribution < -0.4 is 0 Å². The fourth-order valence-corrected chi connectivity index (χ4v) is 2.40. The van der Waals surface area contributed by atoms with Crippen molar-refractivity contribution >= 4 is 29.1 Å². The monoisotopic (exact) mass is 309 g/mol. The van der Waals surface area contributed by atoms with Crippen LogP contribution in [0.25, 0.3) is 0 Å². The van der Waals surface area contributed by atoms with Gasteiger partial charge >= 0.3 is 0 Å². The molecule has 0 unspecified atom stereocenters. The van der Waals surface area contributed by atoms with Gasteiger partial charge in [0.2, 0.25) is 0 Å². The lowest BCUT2D eigenvalue weighted by molar-refractivity contribution is 0.0785. The normalized spacial score (nSPS) is 10.3. The van der Waals surface area contributed by atoms with Crippen LogP contribution in [0, 0.1) is 0 Å². The minimum Gasteiger partial charge on any atom is -0.508 e. The fourth-order valence-electron chi connectivity index (χ4n) is 1.84. The summed E-state index contributed by atoms with van der Waals surface area (Å²) in [5.41, 5.74) is 1.21. The molecule has 1 amide bonds. The Balaban J connectivity index is 2.18. The van der Waals surface area contributed by atoms with Crippen LogP contribution in [0.1, 0.15) is 15.9 Å². The summed E-state index contributed by atoms with van der Waals surface area (Å²) < 4.78 is 0. The third-order valence-electron chi connectivity index (χ3n) is 2.88. The molecule has 104 valence electrons. The fraction of sp³-hybridized carbons (Fsp3) is 0.133. The van der Waals surface area contributed by atoms with Gasteiger partial charge in [-0.1, -0.05) is 41.4 Å². The van der Waals surface area contributed by atoms with E-state index in [1.807, 2.05) is 0 Å². The lowest BCUT2D eigenvalue weighted by Gasteiger charge is -2.18. The van der Waals surface area contributed by atoms with E-state index in [1.165, 1.54) is 4.90 Å². The number of benzene rings is 2. The molecule has 0 aliphatic rings. The molecule has 0 saturated carbocycles. The van der Waals surface area contributed by atoms with Gasteiger partial charge in [-0.15, -0.1) is 0 Å². The van der Waals surface area contributed by atoms with Gasteiger partial charge in [0.25, 0.3) is 5.91 Å². The molecule has 0 saturated heterocycles. The Morgan fingerprint density at radius 1 is 1.10 bits per heavy atom. The molecule has 0 atom stereocenters. The summed E-state index contributed by atoms with van der Waals surface area (Å²) >= 11 is 12.1. The number of amides is 1. The molecule has 0 aromatic heterocycles. The van der Waals surface area contributed by atoms with Crippen LogP contribution in [0.15, 0.2) is 42.5 Å². The number of phenolic OH excluding ortho intramolecular Hbond substituents is 1. The average molecular weight is 310 g/mol.